The van der Waals surface area contributed by atoms with E-state index in [0.29, 0.717) is 5.56 Å². The Morgan fingerprint density at radius 3 is 2.67 bits per heavy atom. The maximum atomic E-state index is 12.5. The first kappa shape index (κ1) is 19.2. The Bertz CT molecular complexity index is 1060. The number of halogens is 1. The summed E-state index contributed by atoms with van der Waals surface area (Å²) in [5.41, 5.74) is 0.552. The van der Waals surface area contributed by atoms with Gasteiger partial charge in [0.15, 0.2) is 0 Å². The fourth-order valence-electron chi connectivity index (χ4n) is 2.20. The van der Waals surface area contributed by atoms with Crippen LogP contribution in [0.4, 0.5) is 10.7 Å². The average Bonchev–Trinajstić information content (AvgIpc) is 3.16. The third-order valence-electron chi connectivity index (χ3n) is 3.44. The largest absolute Gasteiger partial charge is 0.335 e. The number of nitrogens with one attached hydrogen (secondary N) is 2. The molecule has 0 unspecified atom stereocenters. The van der Waals surface area contributed by atoms with Crippen LogP contribution >= 0.6 is 22.5 Å². The number of aromatic nitrogens is 2. The zero-order valence-corrected chi connectivity index (χ0v) is 16.3. The van der Waals surface area contributed by atoms with Gasteiger partial charge in [0.25, 0.3) is 10.0 Å². The Balaban J connectivity index is 1.76. The van der Waals surface area contributed by atoms with E-state index < -0.39 is 26.9 Å². The summed E-state index contributed by atoms with van der Waals surface area (Å²) in [6, 6.07) is 5.11. The number of anilines is 1. The number of nitrogens with zero attached hydrogens (tertiary/aromatic N) is 2. The normalized spacial score (nSPS) is 14.2. The van der Waals surface area contributed by atoms with Crippen molar-refractivity contribution in [3.05, 3.63) is 70.6 Å². The summed E-state index contributed by atoms with van der Waals surface area (Å²) in [5.74, 6) is 0.00217. The Morgan fingerprint density at radius 2 is 1.96 bits per heavy atom. The molecule has 0 fully saturated rings. The molecule has 2 amide bonds. The molecule has 140 valence electrons. The second kappa shape index (κ2) is 7.95. The summed E-state index contributed by atoms with van der Waals surface area (Å²) < 4.78 is 26.8. The Labute approximate surface area is 164 Å². The highest BCUT2D eigenvalue weighted by Crippen LogP contribution is 2.40. The molecule has 0 saturated heterocycles. The average molecular weight is 423 g/mol. The zero-order chi connectivity index (χ0) is 19.4. The van der Waals surface area contributed by atoms with Gasteiger partial charge in [-0.2, -0.15) is 10.9 Å². The zero-order valence-electron chi connectivity index (χ0n) is 13.8. The molecule has 0 radical (unpaired) electrons. The monoisotopic (exact) mass is 422 g/mol. The van der Waals surface area contributed by atoms with Crippen molar-refractivity contribution in [2.45, 2.75) is 9.92 Å². The standard InChI is InChI=1S/C17H15ClN4O3S2/c1-2-12-5-6-13(18)14(11-12)27(24,25)22-17(23)21-16-19-8-7-15(20-16)26-9-3-4-10-26/h2-11,26H,1H2,(H2,19,20,21,22,23). The summed E-state index contributed by atoms with van der Waals surface area (Å²) in [6.07, 6.45) is 6.81. The predicted molar refractivity (Wildman–Crippen MR) is 108 cm³/mol. The van der Waals surface area contributed by atoms with Crippen LogP contribution < -0.4 is 10.0 Å². The number of hydrogen-bond donors (Lipinski definition) is 3. The van der Waals surface area contributed by atoms with E-state index >= 15 is 0 Å². The molecule has 1 aromatic heterocycles. The Morgan fingerprint density at radius 1 is 1.22 bits per heavy atom. The molecule has 2 N–H and O–H groups in total. The quantitative estimate of drug-likeness (QED) is 0.504. The molecule has 10 heteroatoms. The van der Waals surface area contributed by atoms with Crippen LogP contribution in [0, 0.1) is 0 Å². The van der Waals surface area contributed by atoms with Crippen molar-refractivity contribution in [3.8, 4) is 0 Å². The third-order valence-corrected chi connectivity index (χ3v) is 7.02. The van der Waals surface area contributed by atoms with Crippen LogP contribution in [0.5, 0.6) is 0 Å². The molecular formula is C17H15ClN4O3S2. The molecule has 0 atom stereocenters. The van der Waals surface area contributed by atoms with Crippen LogP contribution in [-0.4, -0.2) is 24.4 Å². The molecule has 0 bridgehead atoms. The number of rotatable bonds is 5. The lowest BCUT2D eigenvalue weighted by Crippen LogP contribution is -2.35. The highest BCUT2D eigenvalue weighted by molar-refractivity contribution is 8.22. The van der Waals surface area contributed by atoms with E-state index in [2.05, 4.69) is 21.9 Å². The van der Waals surface area contributed by atoms with Crippen molar-refractivity contribution in [1.29, 1.82) is 0 Å². The van der Waals surface area contributed by atoms with Gasteiger partial charge in [0, 0.05) is 6.20 Å². The van der Waals surface area contributed by atoms with Gasteiger partial charge in [-0.15, -0.1) is 0 Å². The number of carbonyl (C=O) groups is 1. The maximum absolute atomic E-state index is 12.5. The number of carbonyl (C=O) groups excluding carboxylic acids is 1. The number of urea groups is 1. The van der Waals surface area contributed by atoms with Crippen LogP contribution in [0.25, 0.3) is 6.08 Å². The van der Waals surface area contributed by atoms with Crippen LogP contribution in [0.2, 0.25) is 5.02 Å². The second-order valence-corrected chi connectivity index (χ2v) is 9.21. The minimum Gasteiger partial charge on any atom is -0.275 e. The third kappa shape index (κ3) is 4.57. The smallest absolute Gasteiger partial charge is 0.275 e. The second-order valence-electron chi connectivity index (χ2n) is 5.28. The Hall–Kier alpha value is -2.62. The fourth-order valence-corrected chi connectivity index (χ4v) is 5.06. The first-order chi connectivity index (χ1) is 12.9. The van der Waals surface area contributed by atoms with Crippen LogP contribution in [0.15, 0.2) is 69.9 Å². The van der Waals surface area contributed by atoms with Crippen LogP contribution in [-0.2, 0) is 10.0 Å². The topological polar surface area (TPSA) is 101 Å². The minimum atomic E-state index is -4.18. The van der Waals surface area contributed by atoms with Crippen LogP contribution in [0.1, 0.15) is 5.56 Å². The molecule has 1 aromatic carbocycles. The molecule has 1 aliphatic heterocycles. The van der Waals surface area contributed by atoms with Crippen molar-refractivity contribution < 1.29 is 13.2 Å². The lowest BCUT2D eigenvalue weighted by molar-refractivity contribution is 0.256. The molecule has 0 saturated carbocycles. The molecule has 7 nitrogen and oxygen atoms in total. The highest BCUT2D eigenvalue weighted by Gasteiger charge is 2.21. The summed E-state index contributed by atoms with van der Waals surface area (Å²) in [4.78, 5) is 20.1. The predicted octanol–water partition coefficient (Wildman–Crippen LogP) is 3.68. The summed E-state index contributed by atoms with van der Waals surface area (Å²) in [5, 5.41) is 7.06. The van der Waals surface area contributed by atoms with E-state index in [9.17, 15) is 13.2 Å². The van der Waals surface area contributed by atoms with Gasteiger partial charge in [-0.1, -0.05) is 42.5 Å². The first-order valence-corrected chi connectivity index (χ1v) is 11.0. The number of hydrogen-bond acceptors (Lipinski definition) is 5. The van der Waals surface area contributed by atoms with Crippen molar-refractivity contribution in [1.82, 2.24) is 14.7 Å². The van der Waals surface area contributed by atoms with Gasteiger partial charge in [0.1, 0.15) is 4.90 Å². The number of benzene rings is 1. The SMILES string of the molecule is C=Cc1ccc(Cl)c(S(=O)(=O)NC(=O)Nc2nccc([SH]3C=CC=C3)n2)c1. The van der Waals surface area contributed by atoms with Gasteiger partial charge in [-0.25, -0.2) is 27.9 Å². The minimum absolute atomic E-state index is 0.00217. The van der Waals surface area contributed by atoms with Gasteiger partial charge in [-0.3, -0.25) is 5.32 Å². The number of allylic oxidation sites excluding steroid dienone is 2. The lowest BCUT2D eigenvalue weighted by atomic mass is 10.2. The van der Waals surface area contributed by atoms with E-state index in [0.717, 1.165) is 5.03 Å². The molecule has 27 heavy (non-hydrogen) atoms. The lowest BCUT2D eigenvalue weighted by Gasteiger charge is -2.12. The molecule has 2 aromatic rings. The van der Waals surface area contributed by atoms with Crippen LogP contribution in [0.3, 0.4) is 0 Å². The van der Waals surface area contributed by atoms with E-state index in [-0.39, 0.29) is 15.9 Å². The van der Waals surface area contributed by atoms with Gasteiger partial charge in [0.2, 0.25) is 5.95 Å². The molecule has 1 aliphatic rings. The molecule has 2 heterocycles. The van der Waals surface area contributed by atoms with Gasteiger partial charge in [-0.05, 0) is 34.6 Å². The first-order valence-electron chi connectivity index (χ1n) is 7.61. The van der Waals surface area contributed by atoms with Crippen molar-refractivity contribution in [3.63, 3.8) is 0 Å². The van der Waals surface area contributed by atoms with E-state index in [1.165, 1.54) is 24.4 Å². The Kier molecular flexibility index (Phi) is 5.64. The van der Waals surface area contributed by atoms with E-state index in [1.54, 1.807) is 12.1 Å². The summed E-state index contributed by atoms with van der Waals surface area (Å²) in [6.45, 7) is 3.58. The number of thiol groups is 1. The van der Waals surface area contributed by atoms with Crippen molar-refractivity contribution in [2.75, 3.05) is 5.32 Å². The molecule has 3 rings (SSSR count). The maximum Gasteiger partial charge on any atom is 0.335 e. The number of amides is 2. The van der Waals surface area contributed by atoms with E-state index in [1.807, 2.05) is 27.7 Å². The summed E-state index contributed by atoms with van der Waals surface area (Å²) in [7, 11) is -4.87. The van der Waals surface area contributed by atoms with Gasteiger partial charge < -0.3 is 0 Å². The van der Waals surface area contributed by atoms with Crippen molar-refractivity contribution in [2.24, 2.45) is 0 Å². The number of sulfonamides is 1. The molecular weight excluding hydrogens is 408 g/mol. The molecule has 0 spiro atoms. The van der Waals surface area contributed by atoms with Crippen molar-refractivity contribution >= 4 is 50.6 Å². The van der Waals surface area contributed by atoms with E-state index in [4.69, 9.17) is 11.6 Å². The highest BCUT2D eigenvalue weighted by atomic mass is 35.5. The fraction of sp³-hybridized carbons (Fsp3) is 0. The van der Waals surface area contributed by atoms with Gasteiger partial charge >= 0.3 is 6.03 Å². The summed E-state index contributed by atoms with van der Waals surface area (Å²) >= 11 is 5.95. The van der Waals surface area contributed by atoms with Gasteiger partial charge in [0.05, 0.1) is 10.0 Å². The molecule has 0 aliphatic carbocycles.